The first-order chi connectivity index (χ1) is 20.2. The van der Waals surface area contributed by atoms with Gasteiger partial charge in [0.1, 0.15) is 12.7 Å². The highest BCUT2D eigenvalue weighted by molar-refractivity contribution is 6.06. The molecule has 0 heterocycles. The van der Waals surface area contributed by atoms with E-state index in [0.717, 1.165) is 32.1 Å². The van der Waals surface area contributed by atoms with Crippen LogP contribution in [0.25, 0.3) is 0 Å². The van der Waals surface area contributed by atoms with E-state index in [0.29, 0.717) is 24.7 Å². The molecule has 9 nitrogen and oxygen atoms in total. The summed E-state index contributed by atoms with van der Waals surface area (Å²) < 4.78 is 21.8. The van der Waals surface area contributed by atoms with Gasteiger partial charge in [-0.1, -0.05) is 34.6 Å². The van der Waals surface area contributed by atoms with E-state index in [1.807, 2.05) is 0 Å². The number of hydrogen-bond donors (Lipinski definition) is 0. The molecule has 0 aromatic carbocycles. The number of Topliss-reactive ketones (excluding diaryl/α,β-unsaturated/α-hetero) is 1. The van der Waals surface area contributed by atoms with E-state index in [1.54, 1.807) is 20.8 Å². The van der Waals surface area contributed by atoms with Gasteiger partial charge in [-0.2, -0.15) is 0 Å². The van der Waals surface area contributed by atoms with E-state index in [-0.39, 0.29) is 52.5 Å². The Balaban J connectivity index is 1.61. The minimum absolute atomic E-state index is 0.0202. The fourth-order valence-corrected chi connectivity index (χ4v) is 10.3. The lowest BCUT2D eigenvalue weighted by molar-refractivity contribution is -0.238. The van der Waals surface area contributed by atoms with Gasteiger partial charge >= 0.3 is 23.9 Å². The van der Waals surface area contributed by atoms with E-state index < -0.39 is 41.4 Å². The molecule has 4 fully saturated rings. The molecule has 0 amide bonds. The van der Waals surface area contributed by atoms with Crippen molar-refractivity contribution >= 4 is 29.7 Å². The van der Waals surface area contributed by atoms with E-state index >= 15 is 0 Å². The summed E-state index contributed by atoms with van der Waals surface area (Å²) in [5.41, 5.74) is -3.08. The van der Waals surface area contributed by atoms with Gasteiger partial charge in [0.2, 0.25) is 6.79 Å². The summed E-state index contributed by atoms with van der Waals surface area (Å²) in [5.74, 6) is -2.03. The van der Waals surface area contributed by atoms with E-state index in [4.69, 9.17) is 18.9 Å². The Morgan fingerprint density at radius 1 is 0.750 bits per heavy atom. The van der Waals surface area contributed by atoms with Crippen molar-refractivity contribution in [1.29, 1.82) is 0 Å². The predicted molar refractivity (Wildman–Crippen MR) is 162 cm³/mol. The second-order valence-electron chi connectivity index (χ2n) is 16.5. The molecule has 248 valence electrons. The smallest absolute Gasteiger partial charge is 0.326 e. The van der Waals surface area contributed by atoms with Crippen molar-refractivity contribution < 1.29 is 42.9 Å². The molecule has 0 saturated heterocycles. The van der Waals surface area contributed by atoms with Crippen LogP contribution in [-0.2, 0) is 42.9 Å². The zero-order valence-corrected chi connectivity index (χ0v) is 28.6. The molecule has 0 spiro atoms. The highest BCUT2D eigenvalue weighted by Gasteiger charge is 2.71. The van der Waals surface area contributed by atoms with Gasteiger partial charge in [-0.25, -0.2) is 0 Å². The summed E-state index contributed by atoms with van der Waals surface area (Å²) in [6, 6.07) is 0. The quantitative estimate of drug-likeness (QED) is 0.148. The summed E-state index contributed by atoms with van der Waals surface area (Å²) >= 11 is 0. The zero-order chi connectivity index (χ0) is 33.1. The van der Waals surface area contributed by atoms with Gasteiger partial charge in [0.25, 0.3) is 0 Å². The fourth-order valence-electron chi connectivity index (χ4n) is 10.3. The second kappa shape index (κ2) is 11.4. The molecule has 0 N–H and O–H groups in total. The number of hydrogen-bond acceptors (Lipinski definition) is 9. The standard InChI is InChI=1S/C35H54O9/c1-21(36)41-19-35(29(40)43-20-42-28(39)30(3,4)5)18-17-33(9)23(27(35)38)11-12-25-32(8)15-14-26(44-22(2)37)31(6,7)24(32)13-16-34(25,33)10/h23-26H,11-20H2,1-10H3/t23?,24?,25?,26?,32-,33+,34+,35-/m0/s1. The molecule has 0 aliphatic heterocycles. The van der Waals surface area contributed by atoms with Crippen LogP contribution < -0.4 is 0 Å². The SMILES string of the molecule is CC(=O)OC[C@@]1(C(=O)OCOC(=O)C(C)(C)C)CC[C@]2(C)C(CCC3[C@@]4(C)CCC(OC(C)=O)C(C)(C)C4CC[C@]32C)C1=O. The van der Waals surface area contributed by atoms with Crippen molar-refractivity contribution in [3.8, 4) is 0 Å². The van der Waals surface area contributed by atoms with Gasteiger partial charge in [0.15, 0.2) is 11.2 Å². The Hall–Kier alpha value is -2.45. The molecule has 44 heavy (non-hydrogen) atoms. The van der Waals surface area contributed by atoms with Gasteiger partial charge in [-0.15, -0.1) is 0 Å². The van der Waals surface area contributed by atoms with Crippen LogP contribution in [0.3, 0.4) is 0 Å². The molecule has 0 aromatic heterocycles. The summed E-state index contributed by atoms with van der Waals surface area (Å²) in [6.45, 7) is 18.3. The molecule has 4 aliphatic carbocycles. The van der Waals surface area contributed by atoms with Gasteiger partial charge in [0.05, 0.1) is 5.41 Å². The maximum absolute atomic E-state index is 14.6. The Morgan fingerprint density at radius 2 is 1.41 bits per heavy atom. The number of esters is 4. The van der Waals surface area contributed by atoms with Crippen LogP contribution in [0.15, 0.2) is 0 Å². The maximum atomic E-state index is 14.6. The lowest BCUT2D eigenvalue weighted by Gasteiger charge is -2.71. The molecule has 8 atom stereocenters. The first-order valence-electron chi connectivity index (χ1n) is 16.4. The van der Waals surface area contributed by atoms with Crippen LogP contribution >= 0.6 is 0 Å². The second-order valence-corrected chi connectivity index (χ2v) is 16.5. The lowest BCUT2D eigenvalue weighted by Crippen LogP contribution is -2.68. The number of ether oxygens (including phenoxy) is 4. The molecule has 4 aliphatic rings. The topological polar surface area (TPSA) is 122 Å². The molecule has 4 saturated carbocycles. The van der Waals surface area contributed by atoms with Crippen LogP contribution in [0.1, 0.15) is 121 Å². The van der Waals surface area contributed by atoms with E-state index in [1.165, 1.54) is 13.8 Å². The number of ketones is 1. The molecular weight excluding hydrogens is 564 g/mol. The van der Waals surface area contributed by atoms with Gasteiger partial charge in [-0.3, -0.25) is 24.0 Å². The molecule has 0 radical (unpaired) electrons. The van der Waals surface area contributed by atoms with Crippen LogP contribution in [-0.4, -0.2) is 49.2 Å². The monoisotopic (exact) mass is 618 g/mol. The third-order valence-corrected chi connectivity index (χ3v) is 12.9. The highest BCUT2D eigenvalue weighted by Crippen LogP contribution is 2.74. The Labute approximate surface area is 262 Å². The minimum atomic E-state index is -1.64. The van der Waals surface area contributed by atoms with Crippen molar-refractivity contribution in [2.75, 3.05) is 13.4 Å². The van der Waals surface area contributed by atoms with Gasteiger partial charge in [0, 0.05) is 25.2 Å². The predicted octanol–water partition coefficient (Wildman–Crippen LogP) is 6.20. The fraction of sp³-hybridized carbons (Fsp3) is 0.857. The molecular formula is C35H54O9. The van der Waals surface area contributed by atoms with Crippen LogP contribution in [0.2, 0.25) is 0 Å². The third-order valence-electron chi connectivity index (χ3n) is 12.9. The minimum Gasteiger partial charge on any atom is -0.464 e. The van der Waals surface area contributed by atoms with Crippen LogP contribution in [0.5, 0.6) is 0 Å². The maximum Gasteiger partial charge on any atom is 0.326 e. The summed E-state index contributed by atoms with van der Waals surface area (Å²) in [5, 5.41) is 0. The average Bonchev–Trinajstić information content (AvgIpc) is 2.90. The Kier molecular flexibility index (Phi) is 8.93. The van der Waals surface area contributed by atoms with Crippen LogP contribution in [0, 0.1) is 50.2 Å². The van der Waals surface area contributed by atoms with Crippen molar-refractivity contribution in [3.05, 3.63) is 0 Å². The highest BCUT2D eigenvalue weighted by atomic mass is 16.7. The molecule has 9 heteroatoms. The molecule has 4 unspecified atom stereocenters. The van der Waals surface area contributed by atoms with Gasteiger partial charge < -0.3 is 18.9 Å². The van der Waals surface area contributed by atoms with Crippen molar-refractivity contribution in [1.82, 2.24) is 0 Å². The van der Waals surface area contributed by atoms with Crippen molar-refractivity contribution in [2.45, 2.75) is 127 Å². The van der Waals surface area contributed by atoms with Crippen molar-refractivity contribution in [3.63, 3.8) is 0 Å². The molecule has 4 rings (SSSR count). The van der Waals surface area contributed by atoms with E-state index in [2.05, 4.69) is 34.6 Å². The number of carbonyl (C=O) groups excluding carboxylic acids is 5. The number of fused-ring (bicyclic) bond motifs is 5. The first kappa shape index (κ1) is 34.4. The van der Waals surface area contributed by atoms with E-state index in [9.17, 15) is 24.0 Å². The largest absolute Gasteiger partial charge is 0.464 e. The summed E-state index contributed by atoms with van der Waals surface area (Å²) in [6.07, 6.45) is 5.89. The zero-order valence-electron chi connectivity index (χ0n) is 28.6. The third kappa shape index (κ3) is 5.38. The Bertz CT molecular complexity index is 1200. The summed E-state index contributed by atoms with van der Waals surface area (Å²) in [4.78, 5) is 64.3. The lowest BCUT2D eigenvalue weighted by atomic mass is 9.33. The Morgan fingerprint density at radius 3 is 2.00 bits per heavy atom. The number of rotatable bonds is 6. The van der Waals surface area contributed by atoms with Gasteiger partial charge in [-0.05, 0) is 100 Å². The molecule has 0 bridgehead atoms. The average molecular weight is 619 g/mol. The van der Waals surface area contributed by atoms with Crippen molar-refractivity contribution in [2.24, 2.45) is 50.2 Å². The normalized spacial score (nSPS) is 39.5. The van der Waals surface area contributed by atoms with Crippen LogP contribution in [0.4, 0.5) is 0 Å². The number of carbonyl (C=O) groups is 5. The molecule has 0 aromatic rings. The summed E-state index contributed by atoms with van der Waals surface area (Å²) in [7, 11) is 0. The first-order valence-corrected chi connectivity index (χ1v) is 16.4.